The molecule has 0 atom stereocenters. The predicted molar refractivity (Wildman–Crippen MR) is 96.7 cm³/mol. The van der Waals surface area contributed by atoms with Crippen LogP contribution in [0.15, 0.2) is 45.7 Å². The van der Waals surface area contributed by atoms with Gasteiger partial charge in [-0.15, -0.1) is 0 Å². The van der Waals surface area contributed by atoms with E-state index in [1.165, 1.54) is 4.90 Å². The fourth-order valence-electron chi connectivity index (χ4n) is 2.37. The molecule has 2 amide bonds. The lowest BCUT2D eigenvalue weighted by molar-refractivity contribution is -0.122. The number of carbonyl (C=O) groups is 2. The third-order valence-electron chi connectivity index (χ3n) is 3.62. The first-order valence-electron chi connectivity index (χ1n) is 7.69. The first-order chi connectivity index (χ1) is 11.6. The van der Waals surface area contributed by atoms with Crippen LogP contribution in [0.3, 0.4) is 0 Å². The first kappa shape index (κ1) is 16.9. The highest BCUT2D eigenvalue weighted by Crippen LogP contribution is 2.33. The molecule has 124 valence electrons. The molecule has 2 aromatic rings. The standard InChI is InChI=1S/C18H16ClNO3S/c1-2-3-9-20-17(21)16(24-18(20)22)11-14-7-8-15(23-14)12-5-4-6-13(19)10-12/h4-8,10-11H,2-3,9H2,1H3. The molecular formula is C18H16ClNO3S. The molecule has 0 aliphatic carbocycles. The maximum atomic E-state index is 12.3. The highest BCUT2D eigenvalue weighted by Gasteiger charge is 2.34. The molecule has 0 radical (unpaired) electrons. The molecule has 1 fully saturated rings. The predicted octanol–water partition coefficient (Wildman–Crippen LogP) is 5.44. The molecule has 1 aromatic heterocycles. The molecule has 1 aromatic carbocycles. The minimum absolute atomic E-state index is 0.221. The number of halogens is 1. The van der Waals surface area contributed by atoms with Crippen LogP contribution >= 0.6 is 23.4 Å². The van der Waals surface area contributed by atoms with Crippen molar-refractivity contribution in [2.24, 2.45) is 0 Å². The number of amides is 2. The van der Waals surface area contributed by atoms with Crippen LogP contribution in [-0.2, 0) is 4.79 Å². The number of imide groups is 1. The van der Waals surface area contributed by atoms with Gasteiger partial charge in [0.05, 0.1) is 4.91 Å². The van der Waals surface area contributed by atoms with Crippen molar-refractivity contribution in [2.45, 2.75) is 19.8 Å². The molecule has 0 N–H and O–H groups in total. The van der Waals surface area contributed by atoms with Gasteiger partial charge < -0.3 is 4.42 Å². The van der Waals surface area contributed by atoms with Crippen LogP contribution in [0, 0.1) is 0 Å². The molecule has 4 nitrogen and oxygen atoms in total. The summed E-state index contributed by atoms with van der Waals surface area (Å²) in [5.74, 6) is 0.944. The number of hydrogen-bond donors (Lipinski definition) is 0. The van der Waals surface area contributed by atoms with Gasteiger partial charge in [-0.1, -0.05) is 37.1 Å². The number of nitrogens with zero attached hydrogens (tertiary/aromatic N) is 1. The molecule has 2 heterocycles. The fourth-order valence-corrected chi connectivity index (χ4v) is 3.40. The van der Waals surface area contributed by atoms with Crippen molar-refractivity contribution in [3.05, 3.63) is 52.1 Å². The molecule has 1 saturated heterocycles. The van der Waals surface area contributed by atoms with Crippen molar-refractivity contribution in [1.29, 1.82) is 0 Å². The number of carbonyl (C=O) groups excluding carboxylic acids is 2. The number of hydrogen-bond acceptors (Lipinski definition) is 4. The minimum atomic E-state index is -0.251. The van der Waals surface area contributed by atoms with E-state index in [0.29, 0.717) is 28.0 Å². The lowest BCUT2D eigenvalue weighted by Gasteiger charge is -2.10. The van der Waals surface area contributed by atoms with E-state index in [-0.39, 0.29) is 11.1 Å². The average Bonchev–Trinajstić information content (AvgIpc) is 3.12. The lowest BCUT2D eigenvalue weighted by Crippen LogP contribution is -2.29. The molecule has 0 bridgehead atoms. The maximum Gasteiger partial charge on any atom is 0.293 e. The zero-order valence-corrected chi connectivity index (χ0v) is 14.7. The lowest BCUT2D eigenvalue weighted by atomic mass is 10.2. The van der Waals surface area contributed by atoms with Crippen LogP contribution < -0.4 is 0 Å². The first-order valence-corrected chi connectivity index (χ1v) is 8.89. The van der Waals surface area contributed by atoms with E-state index in [4.69, 9.17) is 16.0 Å². The van der Waals surface area contributed by atoms with E-state index in [1.54, 1.807) is 18.2 Å². The van der Waals surface area contributed by atoms with E-state index < -0.39 is 0 Å². The third kappa shape index (κ3) is 3.57. The van der Waals surface area contributed by atoms with Crippen LogP contribution in [0.25, 0.3) is 17.4 Å². The van der Waals surface area contributed by atoms with Crippen LogP contribution in [0.2, 0.25) is 5.02 Å². The number of rotatable bonds is 5. The summed E-state index contributed by atoms with van der Waals surface area (Å²) in [6, 6.07) is 10.9. The van der Waals surface area contributed by atoms with Crippen LogP contribution in [-0.4, -0.2) is 22.6 Å². The Bertz CT molecular complexity index is 812. The summed E-state index contributed by atoms with van der Waals surface area (Å²) in [5, 5.41) is 0.406. The summed E-state index contributed by atoms with van der Waals surface area (Å²) >= 11 is 6.94. The van der Waals surface area contributed by atoms with Crippen molar-refractivity contribution >= 4 is 40.6 Å². The van der Waals surface area contributed by atoms with Gasteiger partial charge in [0.1, 0.15) is 11.5 Å². The van der Waals surface area contributed by atoms with Crippen LogP contribution in [0.1, 0.15) is 25.5 Å². The Kier molecular flexibility index (Phi) is 5.11. The van der Waals surface area contributed by atoms with Crippen molar-refractivity contribution in [3.8, 4) is 11.3 Å². The summed E-state index contributed by atoms with van der Waals surface area (Å²) in [6.07, 6.45) is 3.36. The number of unbranched alkanes of at least 4 members (excludes halogenated alkanes) is 1. The Balaban J connectivity index is 1.80. The highest BCUT2D eigenvalue weighted by molar-refractivity contribution is 8.18. The summed E-state index contributed by atoms with van der Waals surface area (Å²) in [4.78, 5) is 25.9. The van der Waals surface area contributed by atoms with E-state index in [2.05, 4.69) is 0 Å². The molecule has 24 heavy (non-hydrogen) atoms. The quantitative estimate of drug-likeness (QED) is 0.665. The number of thioether (sulfide) groups is 1. The van der Waals surface area contributed by atoms with Gasteiger partial charge in [0.25, 0.3) is 11.1 Å². The van der Waals surface area contributed by atoms with Gasteiger partial charge in [-0.25, -0.2) is 0 Å². The zero-order chi connectivity index (χ0) is 17.1. The summed E-state index contributed by atoms with van der Waals surface area (Å²) in [5.41, 5.74) is 0.859. The van der Waals surface area contributed by atoms with Crippen LogP contribution in [0.5, 0.6) is 0 Å². The second kappa shape index (κ2) is 7.28. The molecule has 3 rings (SSSR count). The number of furan rings is 1. The van der Waals surface area contributed by atoms with Gasteiger partial charge in [0.2, 0.25) is 0 Å². The van der Waals surface area contributed by atoms with Crippen molar-refractivity contribution < 1.29 is 14.0 Å². The van der Waals surface area contributed by atoms with Crippen molar-refractivity contribution in [3.63, 3.8) is 0 Å². The van der Waals surface area contributed by atoms with Crippen molar-refractivity contribution in [2.75, 3.05) is 6.54 Å². The molecule has 1 aliphatic heterocycles. The Morgan fingerprint density at radius 3 is 2.83 bits per heavy atom. The second-order valence-corrected chi connectivity index (χ2v) is 6.83. The van der Waals surface area contributed by atoms with Crippen molar-refractivity contribution in [1.82, 2.24) is 4.90 Å². The van der Waals surface area contributed by atoms with E-state index in [9.17, 15) is 9.59 Å². The Morgan fingerprint density at radius 2 is 2.08 bits per heavy atom. The van der Waals surface area contributed by atoms with Gasteiger partial charge in [-0.3, -0.25) is 14.5 Å². The maximum absolute atomic E-state index is 12.3. The minimum Gasteiger partial charge on any atom is -0.457 e. The Morgan fingerprint density at radius 1 is 1.25 bits per heavy atom. The monoisotopic (exact) mass is 361 g/mol. The molecule has 0 saturated carbocycles. The molecule has 0 spiro atoms. The Labute approximate surface area is 149 Å². The van der Waals surface area contributed by atoms with E-state index >= 15 is 0 Å². The summed E-state index contributed by atoms with van der Waals surface area (Å²) in [6.45, 7) is 2.49. The summed E-state index contributed by atoms with van der Waals surface area (Å²) in [7, 11) is 0. The molecular weight excluding hydrogens is 346 g/mol. The van der Waals surface area contributed by atoms with E-state index in [1.807, 2.05) is 31.2 Å². The molecule has 6 heteroatoms. The Hall–Kier alpha value is -1.98. The number of benzene rings is 1. The van der Waals surface area contributed by atoms with Gasteiger partial charge in [-0.05, 0) is 42.4 Å². The third-order valence-corrected chi connectivity index (χ3v) is 4.76. The van der Waals surface area contributed by atoms with Gasteiger partial charge >= 0.3 is 0 Å². The topological polar surface area (TPSA) is 50.5 Å². The molecule has 1 aliphatic rings. The highest BCUT2D eigenvalue weighted by atomic mass is 35.5. The summed E-state index contributed by atoms with van der Waals surface area (Å²) < 4.78 is 5.76. The SMILES string of the molecule is CCCCN1C(=O)SC(=Cc2ccc(-c3cccc(Cl)c3)o2)C1=O. The second-order valence-electron chi connectivity index (χ2n) is 5.40. The van der Waals surface area contributed by atoms with Gasteiger partial charge in [0, 0.05) is 23.2 Å². The van der Waals surface area contributed by atoms with E-state index in [0.717, 1.165) is 30.2 Å². The normalized spacial score (nSPS) is 16.4. The average molecular weight is 362 g/mol. The zero-order valence-electron chi connectivity index (χ0n) is 13.1. The smallest absolute Gasteiger partial charge is 0.293 e. The largest absolute Gasteiger partial charge is 0.457 e. The van der Waals surface area contributed by atoms with Gasteiger partial charge in [-0.2, -0.15) is 0 Å². The van der Waals surface area contributed by atoms with Gasteiger partial charge in [0.15, 0.2) is 0 Å². The fraction of sp³-hybridized carbons (Fsp3) is 0.222. The molecule has 0 unspecified atom stereocenters. The van der Waals surface area contributed by atoms with Crippen LogP contribution in [0.4, 0.5) is 4.79 Å².